The van der Waals surface area contributed by atoms with Crippen LogP contribution in [-0.4, -0.2) is 47.5 Å². The van der Waals surface area contributed by atoms with Crippen molar-refractivity contribution in [2.75, 3.05) is 21.3 Å². The van der Waals surface area contributed by atoms with E-state index in [2.05, 4.69) is 10.4 Å². The summed E-state index contributed by atoms with van der Waals surface area (Å²) < 4.78 is 19.5. The van der Waals surface area contributed by atoms with Gasteiger partial charge in [-0.25, -0.2) is 0 Å². The van der Waals surface area contributed by atoms with Gasteiger partial charge in [0.1, 0.15) is 5.65 Å². The molecule has 3 aromatic rings. The SMILES string of the molecule is COc1cc(-c2cc3n(C)c(C)c(CCC(=O)NC(C)C)c(=O)n3n2)cc(OC)c1OC. The molecule has 0 aliphatic carbocycles. The highest BCUT2D eigenvalue weighted by Gasteiger charge is 2.19. The molecule has 9 nitrogen and oxygen atoms in total. The highest BCUT2D eigenvalue weighted by Crippen LogP contribution is 2.41. The van der Waals surface area contributed by atoms with E-state index in [1.165, 1.54) is 4.52 Å². The maximum Gasteiger partial charge on any atom is 0.277 e. The molecule has 0 fully saturated rings. The lowest BCUT2D eigenvalue weighted by atomic mass is 10.1. The second-order valence-electron chi connectivity index (χ2n) is 7.86. The Bertz CT molecular complexity index is 1180. The van der Waals surface area contributed by atoms with E-state index in [9.17, 15) is 9.59 Å². The summed E-state index contributed by atoms with van der Waals surface area (Å²) >= 11 is 0. The minimum atomic E-state index is -0.230. The third-order valence-electron chi connectivity index (χ3n) is 5.44. The van der Waals surface area contributed by atoms with Crippen LogP contribution in [-0.2, 0) is 18.3 Å². The van der Waals surface area contributed by atoms with Gasteiger partial charge in [-0.1, -0.05) is 0 Å². The number of aromatic nitrogens is 3. The second kappa shape index (κ2) is 9.33. The van der Waals surface area contributed by atoms with E-state index in [4.69, 9.17) is 14.2 Å². The largest absolute Gasteiger partial charge is 0.493 e. The molecule has 0 saturated carbocycles. The zero-order valence-electron chi connectivity index (χ0n) is 19.6. The van der Waals surface area contributed by atoms with Crippen LogP contribution in [0.2, 0.25) is 0 Å². The molecule has 2 heterocycles. The summed E-state index contributed by atoms with van der Waals surface area (Å²) in [5.74, 6) is 1.40. The Morgan fingerprint density at radius 3 is 2.25 bits per heavy atom. The summed E-state index contributed by atoms with van der Waals surface area (Å²) in [6.45, 7) is 5.69. The van der Waals surface area contributed by atoms with Crippen molar-refractivity contribution in [3.8, 4) is 28.5 Å². The molecule has 0 unspecified atom stereocenters. The van der Waals surface area contributed by atoms with Gasteiger partial charge in [0.05, 0.1) is 27.0 Å². The fourth-order valence-corrected chi connectivity index (χ4v) is 3.71. The van der Waals surface area contributed by atoms with Gasteiger partial charge in [-0.2, -0.15) is 9.61 Å². The molecule has 0 radical (unpaired) electrons. The van der Waals surface area contributed by atoms with Gasteiger partial charge in [-0.3, -0.25) is 9.59 Å². The number of nitrogens with one attached hydrogen (secondary N) is 1. The van der Waals surface area contributed by atoms with E-state index in [0.29, 0.717) is 40.6 Å². The van der Waals surface area contributed by atoms with Crippen LogP contribution in [0.5, 0.6) is 17.2 Å². The maximum atomic E-state index is 13.2. The monoisotopic (exact) mass is 442 g/mol. The molecule has 172 valence electrons. The van der Waals surface area contributed by atoms with Gasteiger partial charge in [0.25, 0.3) is 5.56 Å². The predicted molar refractivity (Wildman–Crippen MR) is 122 cm³/mol. The topological polar surface area (TPSA) is 96.1 Å². The molecule has 0 atom stereocenters. The average molecular weight is 443 g/mol. The van der Waals surface area contributed by atoms with Gasteiger partial charge in [-0.05, 0) is 39.3 Å². The molecule has 1 amide bonds. The molecular formula is C23H30N4O5. The Kier molecular flexibility index (Phi) is 6.76. The Morgan fingerprint density at radius 2 is 1.72 bits per heavy atom. The van der Waals surface area contributed by atoms with Crippen molar-refractivity contribution < 1.29 is 19.0 Å². The van der Waals surface area contributed by atoms with E-state index in [1.54, 1.807) is 33.5 Å². The summed E-state index contributed by atoms with van der Waals surface area (Å²) in [6.07, 6.45) is 0.577. The number of nitrogens with zero attached hydrogens (tertiary/aromatic N) is 3. The van der Waals surface area contributed by atoms with Crippen molar-refractivity contribution in [2.45, 2.75) is 39.7 Å². The molecule has 1 N–H and O–H groups in total. The van der Waals surface area contributed by atoms with Crippen LogP contribution in [0.3, 0.4) is 0 Å². The number of carbonyl (C=O) groups is 1. The normalized spacial score (nSPS) is 11.1. The van der Waals surface area contributed by atoms with Crippen molar-refractivity contribution >= 4 is 11.6 Å². The maximum absolute atomic E-state index is 13.2. The molecule has 0 bridgehead atoms. The summed E-state index contributed by atoms with van der Waals surface area (Å²) in [4.78, 5) is 25.3. The Balaban J connectivity index is 2.08. The highest BCUT2D eigenvalue weighted by atomic mass is 16.5. The standard InChI is InChI=1S/C23H30N4O5/c1-13(2)24-20(28)9-8-16-14(3)26(4)21-12-17(25-27(21)23(16)29)15-10-18(30-5)22(32-7)19(11-15)31-6/h10-13H,8-9H2,1-7H3,(H,24,28). The molecule has 2 aromatic heterocycles. The molecule has 1 aromatic carbocycles. The van der Waals surface area contributed by atoms with Gasteiger partial charge < -0.3 is 24.1 Å². The number of aryl methyl sites for hydroxylation is 1. The number of methoxy groups -OCH3 is 3. The minimum absolute atomic E-state index is 0.0565. The fourth-order valence-electron chi connectivity index (χ4n) is 3.71. The van der Waals surface area contributed by atoms with Gasteiger partial charge >= 0.3 is 0 Å². The molecule has 0 saturated heterocycles. The fraction of sp³-hybridized carbons (Fsp3) is 0.435. The number of hydrogen-bond acceptors (Lipinski definition) is 6. The second-order valence-corrected chi connectivity index (χ2v) is 7.86. The Labute approximate surface area is 186 Å². The molecule has 0 aliphatic rings. The third-order valence-corrected chi connectivity index (χ3v) is 5.44. The molecule has 3 rings (SSSR count). The highest BCUT2D eigenvalue weighted by molar-refractivity contribution is 5.76. The molecular weight excluding hydrogens is 412 g/mol. The number of benzene rings is 1. The van der Waals surface area contributed by atoms with E-state index in [-0.39, 0.29) is 23.9 Å². The predicted octanol–water partition coefficient (Wildman–Crippen LogP) is 2.49. The average Bonchev–Trinajstić information content (AvgIpc) is 3.22. The minimum Gasteiger partial charge on any atom is -0.493 e. The number of hydrogen-bond donors (Lipinski definition) is 1. The number of ether oxygens (including phenoxy) is 3. The lowest BCUT2D eigenvalue weighted by molar-refractivity contribution is -0.121. The lowest BCUT2D eigenvalue weighted by Gasteiger charge is -2.13. The van der Waals surface area contributed by atoms with Crippen LogP contribution in [0, 0.1) is 6.92 Å². The van der Waals surface area contributed by atoms with Gasteiger partial charge in [0.2, 0.25) is 11.7 Å². The van der Waals surface area contributed by atoms with Crippen molar-refractivity contribution in [3.63, 3.8) is 0 Å². The number of carbonyl (C=O) groups excluding carboxylic acids is 1. The third kappa shape index (κ3) is 4.28. The molecule has 9 heteroatoms. The van der Waals surface area contributed by atoms with Crippen molar-refractivity contribution in [3.05, 3.63) is 39.8 Å². The first-order valence-corrected chi connectivity index (χ1v) is 10.4. The first kappa shape index (κ1) is 23.2. The van der Waals surface area contributed by atoms with E-state index >= 15 is 0 Å². The van der Waals surface area contributed by atoms with Crippen LogP contribution in [0.15, 0.2) is 23.0 Å². The smallest absolute Gasteiger partial charge is 0.277 e. The number of amides is 1. The van der Waals surface area contributed by atoms with Crippen molar-refractivity contribution in [1.29, 1.82) is 0 Å². The van der Waals surface area contributed by atoms with Gasteiger partial charge in [0, 0.05) is 42.4 Å². The van der Waals surface area contributed by atoms with Crippen molar-refractivity contribution in [1.82, 2.24) is 19.5 Å². The van der Waals surface area contributed by atoms with E-state index in [0.717, 1.165) is 11.3 Å². The van der Waals surface area contributed by atoms with E-state index < -0.39 is 0 Å². The Morgan fingerprint density at radius 1 is 1.09 bits per heavy atom. The van der Waals surface area contributed by atoms with Gasteiger partial charge in [-0.15, -0.1) is 0 Å². The van der Waals surface area contributed by atoms with Crippen LogP contribution in [0.25, 0.3) is 16.9 Å². The molecule has 32 heavy (non-hydrogen) atoms. The first-order chi connectivity index (χ1) is 15.2. The lowest BCUT2D eigenvalue weighted by Crippen LogP contribution is -2.31. The molecule has 0 spiro atoms. The van der Waals surface area contributed by atoms with Crippen LogP contribution < -0.4 is 25.1 Å². The van der Waals surface area contributed by atoms with Crippen LogP contribution >= 0.6 is 0 Å². The summed E-state index contributed by atoms with van der Waals surface area (Å²) in [5, 5.41) is 7.41. The van der Waals surface area contributed by atoms with Crippen LogP contribution in [0.4, 0.5) is 0 Å². The molecule has 0 aliphatic heterocycles. The first-order valence-electron chi connectivity index (χ1n) is 10.4. The van der Waals surface area contributed by atoms with Gasteiger partial charge in [0.15, 0.2) is 11.5 Å². The van der Waals surface area contributed by atoms with Crippen LogP contribution in [0.1, 0.15) is 31.5 Å². The quantitative estimate of drug-likeness (QED) is 0.576. The van der Waals surface area contributed by atoms with Crippen molar-refractivity contribution in [2.24, 2.45) is 7.05 Å². The zero-order valence-corrected chi connectivity index (χ0v) is 19.6. The summed E-state index contributed by atoms with van der Waals surface area (Å²) in [7, 11) is 6.51. The zero-order chi connectivity index (χ0) is 23.6. The number of fused-ring (bicyclic) bond motifs is 1. The Hall–Kier alpha value is -3.49. The van der Waals surface area contributed by atoms with E-state index in [1.807, 2.05) is 38.5 Å². The summed E-state index contributed by atoms with van der Waals surface area (Å²) in [5.41, 5.74) is 3.09. The number of rotatable bonds is 8. The summed E-state index contributed by atoms with van der Waals surface area (Å²) in [6, 6.07) is 5.47.